The summed E-state index contributed by atoms with van der Waals surface area (Å²) in [4.78, 5) is 7.34. The number of hydrogen-bond acceptors (Lipinski definition) is 4. The van der Waals surface area contributed by atoms with E-state index in [0.717, 1.165) is 44.5 Å². The molecule has 0 bridgehead atoms. The van der Waals surface area contributed by atoms with Gasteiger partial charge < -0.3 is 9.32 Å². The molecule has 3 nitrogen and oxygen atoms in total. The molecule has 0 radical (unpaired) electrons. The summed E-state index contributed by atoms with van der Waals surface area (Å²) in [5.74, 6) is 0.623. The van der Waals surface area contributed by atoms with Gasteiger partial charge in [-0.2, -0.15) is 0 Å². The smallest absolute Gasteiger partial charge is 0.227 e. The minimum Gasteiger partial charge on any atom is -0.436 e. The molecule has 0 aliphatic carbocycles. The Morgan fingerprint density at radius 3 is 1.84 bits per heavy atom. The van der Waals surface area contributed by atoms with Crippen LogP contribution in [0.4, 0.5) is 17.1 Å². The van der Waals surface area contributed by atoms with Crippen molar-refractivity contribution in [3.8, 4) is 22.6 Å². The Morgan fingerprint density at radius 1 is 0.467 bits per heavy atom. The molecular formula is C41H26N2OS. The van der Waals surface area contributed by atoms with Gasteiger partial charge in [-0.25, -0.2) is 4.98 Å². The maximum absolute atomic E-state index is 6.48. The number of rotatable bonds is 5. The summed E-state index contributed by atoms with van der Waals surface area (Å²) < 4.78 is 9.03. The second kappa shape index (κ2) is 10.5. The number of oxazole rings is 1. The van der Waals surface area contributed by atoms with Crippen LogP contribution in [0.5, 0.6) is 0 Å². The average Bonchev–Trinajstić information content (AvgIpc) is 3.71. The van der Waals surface area contributed by atoms with E-state index in [9.17, 15) is 0 Å². The van der Waals surface area contributed by atoms with Crippen molar-refractivity contribution in [2.24, 2.45) is 0 Å². The van der Waals surface area contributed by atoms with Crippen molar-refractivity contribution in [2.45, 2.75) is 0 Å². The Kier molecular flexibility index (Phi) is 6.00. The third kappa shape index (κ3) is 4.38. The van der Waals surface area contributed by atoms with E-state index in [-0.39, 0.29) is 0 Å². The van der Waals surface area contributed by atoms with Gasteiger partial charge in [0.1, 0.15) is 5.52 Å². The summed E-state index contributed by atoms with van der Waals surface area (Å²) in [5, 5.41) is 4.75. The molecule has 0 aliphatic rings. The third-order valence-corrected chi connectivity index (χ3v) is 9.63. The zero-order chi connectivity index (χ0) is 29.7. The van der Waals surface area contributed by atoms with E-state index >= 15 is 0 Å². The first kappa shape index (κ1) is 25.8. The molecule has 0 atom stereocenters. The quantitative estimate of drug-likeness (QED) is 0.198. The first-order valence-electron chi connectivity index (χ1n) is 15.0. The summed E-state index contributed by atoms with van der Waals surface area (Å²) >= 11 is 1.84. The summed E-state index contributed by atoms with van der Waals surface area (Å²) in [6.45, 7) is 0. The molecule has 9 aromatic rings. The van der Waals surface area contributed by atoms with Crippen molar-refractivity contribution in [1.29, 1.82) is 0 Å². The van der Waals surface area contributed by atoms with Gasteiger partial charge in [0.25, 0.3) is 0 Å². The predicted octanol–water partition coefficient (Wildman–Crippen LogP) is 12.2. The number of anilines is 3. The summed E-state index contributed by atoms with van der Waals surface area (Å²) in [7, 11) is 0. The van der Waals surface area contributed by atoms with Gasteiger partial charge in [0.2, 0.25) is 5.89 Å². The van der Waals surface area contributed by atoms with Gasteiger partial charge in [-0.05, 0) is 53.6 Å². The molecule has 9 rings (SSSR count). The molecule has 0 saturated heterocycles. The van der Waals surface area contributed by atoms with E-state index in [1.165, 1.54) is 31.3 Å². The van der Waals surface area contributed by atoms with Crippen LogP contribution in [0.15, 0.2) is 162 Å². The molecule has 45 heavy (non-hydrogen) atoms. The Balaban J connectivity index is 1.28. The fourth-order valence-corrected chi connectivity index (χ4v) is 7.48. The van der Waals surface area contributed by atoms with Crippen LogP contribution in [0.3, 0.4) is 0 Å². The lowest BCUT2D eigenvalue weighted by molar-refractivity contribution is 0.620. The van der Waals surface area contributed by atoms with Crippen LogP contribution in [0.25, 0.3) is 64.6 Å². The Morgan fingerprint density at radius 2 is 1.07 bits per heavy atom. The van der Waals surface area contributed by atoms with Gasteiger partial charge in [-0.3, -0.25) is 0 Å². The van der Waals surface area contributed by atoms with Crippen LogP contribution in [-0.2, 0) is 0 Å². The average molecular weight is 595 g/mol. The highest BCUT2D eigenvalue weighted by Crippen LogP contribution is 2.45. The number of nitrogens with zero attached hydrogens (tertiary/aromatic N) is 2. The predicted molar refractivity (Wildman–Crippen MR) is 190 cm³/mol. The van der Waals surface area contributed by atoms with E-state index in [4.69, 9.17) is 9.40 Å². The van der Waals surface area contributed by atoms with Gasteiger partial charge in [-0.15, -0.1) is 11.3 Å². The molecule has 212 valence electrons. The zero-order valence-corrected chi connectivity index (χ0v) is 25.0. The van der Waals surface area contributed by atoms with Crippen molar-refractivity contribution in [3.63, 3.8) is 0 Å². The van der Waals surface area contributed by atoms with E-state index < -0.39 is 0 Å². The van der Waals surface area contributed by atoms with Gasteiger partial charge in [0, 0.05) is 53.9 Å². The van der Waals surface area contributed by atoms with Gasteiger partial charge in [0.05, 0.1) is 5.69 Å². The number of benzene rings is 7. The topological polar surface area (TPSA) is 29.3 Å². The largest absolute Gasteiger partial charge is 0.436 e. The lowest BCUT2D eigenvalue weighted by Gasteiger charge is -2.27. The van der Waals surface area contributed by atoms with E-state index in [0.29, 0.717) is 5.89 Å². The number of aromatic nitrogens is 1. The fraction of sp³-hybridized carbons (Fsp3) is 0. The van der Waals surface area contributed by atoms with E-state index in [1.54, 1.807) is 0 Å². The first-order chi connectivity index (χ1) is 22.3. The van der Waals surface area contributed by atoms with E-state index in [2.05, 4.69) is 132 Å². The monoisotopic (exact) mass is 594 g/mol. The molecule has 0 aliphatic heterocycles. The molecule has 0 fully saturated rings. The van der Waals surface area contributed by atoms with E-state index in [1.807, 2.05) is 41.7 Å². The lowest BCUT2D eigenvalue weighted by atomic mass is 10.0. The lowest BCUT2D eigenvalue weighted by Crippen LogP contribution is -2.10. The normalized spacial score (nSPS) is 11.6. The molecule has 0 unspecified atom stereocenters. The minimum atomic E-state index is 0.623. The minimum absolute atomic E-state index is 0.623. The van der Waals surface area contributed by atoms with Gasteiger partial charge in [-0.1, -0.05) is 109 Å². The third-order valence-electron chi connectivity index (χ3n) is 8.49. The first-order valence-corrected chi connectivity index (χ1v) is 15.9. The second-order valence-corrected chi connectivity index (χ2v) is 12.3. The molecule has 0 N–H and O–H groups in total. The summed E-state index contributed by atoms with van der Waals surface area (Å²) in [6.07, 6.45) is 0. The highest BCUT2D eigenvalue weighted by molar-refractivity contribution is 7.25. The Bertz CT molecular complexity index is 2480. The second-order valence-electron chi connectivity index (χ2n) is 11.2. The van der Waals surface area contributed by atoms with Crippen LogP contribution >= 0.6 is 11.3 Å². The number of fused-ring (bicyclic) bond motifs is 6. The molecule has 0 amide bonds. The van der Waals surface area contributed by atoms with Crippen LogP contribution in [0.2, 0.25) is 0 Å². The molecule has 2 aromatic heterocycles. The van der Waals surface area contributed by atoms with Crippen molar-refractivity contribution in [2.75, 3.05) is 4.90 Å². The molecular weight excluding hydrogens is 569 g/mol. The summed E-state index contributed by atoms with van der Waals surface area (Å²) in [5.41, 5.74) is 8.18. The maximum atomic E-state index is 6.48. The highest BCUT2D eigenvalue weighted by Gasteiger charge is 2.21. The molecule has 2 heterocycles. The Labute approximate surface area is 264 Å². The fourth-order valence-electron chi connectivity index (χ4n) is 6.34. The highest BCUT2D eigenvalue weighted by atomic mass is 32.1. The van der Waals surface area contributed by atoms with Crippen molar-refractivity contribution < 1.29 is 4.42 Å². The number of thiophene rings is 1. The van der Waals surface area contributed by atoms with Crippen molar-refractivity contribution in [3.05, 3.63) is 158 Å². The zero-order valence-electron chi connectivity index (χ0n) is 24.2. The van der Waals surface area contributed by atoms with Crippen molar-refractivity contribution in [1.82, 2.24) is 4.98 Å². The molecule has 0 saturated carbocycles. The van der Waals surface area contributed by atoms with Crippen LogP contribution in [0.1, 0.15) is 0 Å². The summed E-state index contributed by atoms with van der Waals surface area (Å²) in [6, 6.07) is 55.6. The van der Waals surface area contributed by atoms with Crippen LogP contribution in [0, 0.1) is 0 Å². The Hall–Kier alpha value is -5.71. The standard InChI is InChI=1S/C41H26N2OS/c1-3-11-27(12-4-1)28-19-21-30(22-20-28)43(31-23-24-34-33-16-9-10-18-38(33)45-39(34)25-31)36-26-37-40(35-17-8-7-15-32(35)36)42-41(44-37)29-13-5-2-6-14-29/h1-26H. The van der Waals surface area contributed by atoms with Crippen molar-refractivity contribution >= 4 is 70.4 Å². The SMILES string of the molecule is c1ccc(-c2ccc(N(c3ccc4c(c3)sc3ccccc34)c3cc4oc(-c5ccccc5)nc4c4ccccc34)cc2)cc1. The number of hydrogen-bond donors (Lipinski definition) is 0. The van der Waals surface area contributed by atoms with Gasteiger partial charge in [0.15, 0.2) is 5.58 Å². The van der Waals surface area contributed by atoms with Gasteiger partial charge >= 0.3 is 0 Å². The maximum Gasteiger partial charge on any atom is 0.227 e. The van der Waals surface area contributed by atoms with Crippen LogP contribution in [-0.4, -0.2) is 4.98 Å². The molecule has 0 spiro atoms. The molecule has 4 heteroatoms. The molecule has 7 aromatic carbocycles. The van der Waals surface area contributed by atoms with Crippen LogP contribution < -0.4 is 4.90 Å².